The van der Waals surface area contributed by atoms with Crippen molar-refractivity contribution >= 4 is 34.8 Å². The number of carbonyl (C=O) groups excluding carboxylic acids is 2. The Morgan fingerprint density at radius 2 is 1.83 bits per heavy atom. The van der Waals surface area contributed by atoms with Gasteiger partial charge in [-0.3, -0.25) is 9.59 Å². The molecule has 1 aliphatic heterocycles. The van der Waals surface area contributed by atoms with Gasteiger partial charge in [-0.15, -0.1) is 0 Å². The molecule has 1 heterocycles. The molecule has 0 atom stereocenters. The highest BCUT2D eigenvalue weighted by atomic mass is 35.5. The summed E-state index contributed by atoms with van der Waals surface area (Å²) < 4.78 is 0. The van der Waals surface area contributed by atoms with Crippen molar-refractivity contribution < 1.29 is 9.59 Å². The second-order valence-electron chi connectivity index (χ2n) is 5.10. The van der Waals surface area contributed by atoms with E-state index < -0.39 is 0 Å². The number of anilines is 1. The van der Waals surface area contributed by atoms with E-state index in [1.54, 1.807) is 36.4 Å². The molecule has 2 amide bonds. The molecule has 0 aliphatic carbocycles. The van der Waals surface area contributed by atoms with Crippen LogP contribution in [0.5, 0.6) is 0 Å². The van der Waals surface area contributed by atoms with Gasteiger partial charge in [-0.25, -0.2) is 5.43 Å². The molecule has 1 aliphatic rings. The normalized spacial score (nSPS) is 14.0. The summed E-state index contributed by atoms with van der Waals surface area (Å²) in [7, 11) is 0. The van der Waals surface area contributed by atoms with Crippen LogP contribution in [-0.2, 0) is 4.79 Å². The van der Waals surface area contributed by atoms with Gasteiger partial charge in [0.15, 0.2) is 0 Å². The number of hydrazone groups is 1. The Hall–Kier alpha value is -2.66. The van der Waals surface area contributed by atoms with Crippen LogP contribution in [0.1, 0.15) is 28.8 Å². The summed E-state index contributed by atoms with van der Waals surface area (Å²) in [5.74, 6) is -0.331. The van der Waals surface area contributed by atoms with Crippen LogP contribution in [0.25, 0.3) is 0 Å². The van der Waals surface area contributed by atoms with Gasteiger partial charge in [-0.05, 0) is 29.8 Å². The lowest BCUT2D eigenvalue weighted by molar-refractivity contribution is -0.121. The first kappa shape index (κ1) is 15.2. The fourth-order valence-corrected chi connectivity index (χ4v) is 2.49. The molecule has 0 aromatic heterocycles. The number of hydrogen-bond donors (Lipinski definition) is 2. The van der Waals surface area contributed by atoms with Gasteiger partial charge in [0.25, 0.3) is 5.91 Å². The van der Waals surface area contributed by atoms with Crippen molar-refractivity contribution in [3.05, 3.63) is 64.7 Å². The van der Waals surface area contributed by atoms with Crippen LogP contribution in [0.15, 0.2) is 53.6 Å². The summed E-state index contributed by atoms with van der Waals surface area (Å²) in [6.07, 6.45) is 1.04. The van der Waals surface area contributed by atoms with E-state index in [9.17, 15) is 9.59 Å². The minimum Gasteiger partial charge on any atom is -0.322 e. The molecule has 0 unspecified atom stereocenters. The van der Waals surface area contributed by atoms with Crippen LogP contribution < -0.4 is 10.7 Å². The molecule has 6 heteroatoms. The summed E-state index contributed by atoms with van der Waals surface area (Å²) in [6, 6.07) is 14.2. The lowest BCUT2D eigenvalue weighted by Gasteiger charge is -2.12. The fraction of sp³-hybridized carbons (Fsp3) is 0.118. The van der Waals surface area contributed by atoms with Gasteiger partial charge >= 0.3 is 0 Å². The van der Waals surface area contributed by atoms with E-state index in [-0.39, 0.29) is 11.8 Å². The molecule has 0 bridgehead atoms. The van der Waals surface area contributed by atoms with Crippen LogP contribution in [0.3, 0.4) is 0 Å². The van der Waals surface area contributed by atoms with Crippen LogP contribution in [-0.4, -0.2) is 17.5 Å². The standard InChI is InChI=1S/C17H14ClN3O2/c18-14-4-2-1-3-13(14)17(23)19-12-7-5-11(6-8-12)15-9-10-16(22)21-20-15/h1-8H,9-10H2,(H,19,23)(H,21,22). The molecule has 3 rings (SSSR count). The maximum Gasteiger partial charge on any atom is 0.257 e. The van der Waals surface area contributed by atoms with Crippen molar-refractivity contribution in [1.82, 2.24) is 5.43 Å². The summed E-state index contributed by atoms with van der Waals surface area (Å²) in [4.78, 5) is 23.3. The zero-order valence-electron chi connectivity index (χ0n) is 12.2. The summed E-state index contributed by atoms with van der Waals surface area (Å²) in [5.41, 5.74) is 5.31. The lowest BCUT2D eigenvalue weighted by Crippen LogP contribution is -2.25. The minimum absolute atomic E-state index is 0.0719. The first-order valence-corrected chi connectivity index (χ1v) is 7.53. The van der Waals surface area contributed by atoms with Crippen molar-refractivity contribution in [2.24, 2.45) is 5.10 Å². The van der Waals surface area contributed by atoms with E-state index in [0.717, 1.165) is 11.3 Å². The van der Waals surface area contributed by atoms with E-state index in [0.29, 0.717) is 29.1 Å². The van der Waals surface area contributed by atoms with E-state index in [1.165, 1.54) is 0 Å². The lowest BCUT2D eigenvalue weighted by atomic mass is 10.0. The number of nitrogens with one attached hydrogen (secondary N) is 2. The maximum absolute atomic E-state index is 12.2. The van der Waals surface area contributed by atoms with Gasteiger partial charge in [0, 0.05) is 18.5 Å². The fourth-order valence-electron chi connectivity index (χ4n) is 2.27. The first-order valence-electron chi connectivity index (χ1n) is 7.15. The zero-order valence-corrected chi connectivity index (χ0v) is 12.9. The third kappa shape index (κ3) is 3.57. The molecule has 5 nitrogen and oxygen atoms in total. The minimum atomic E-state index is -0.259. The van der Waals surface area contributed by atoms with Crippen molar-refractivity contribution in [3.63, 3.8) is 0 Å². The molecule has 2 aromatic rings. The number of rotatable bonds is 3. The van der Waals surface area contributed by atoms with E-state index in [1.807, 2.05) is 12.1 Å². The Kier molecular flexibility index (Phi) is 4.39. The largest absolute Gasteiger partial charge is 0.322 e. The highest BCUT2D eigenvalue weighted by Gasteiger charge is 2.14. The first-order chi connectivity index (χ1) is 11.1. The van der Waals surface area contributed by atoms with Crippen LogP contribution in [0, 0.1) is 0 Å². The quantitative estimate of drug-likeness (QED) is 0.908. The predicted molar refractivity (Wildman–Crippen MR) is 89.8 cm³/mol. The molecule has 23 heavy (non-hydrogen) atoms. The molecule has 0 spiro atoms. The molecule has 0 saturated carbocycles. The number of amides is 2. The van der Waals surface area contributed by atoms with Gasteiger partial charge < -0.3 is 5.32 Å². The molecule has 0 saturated heterocycles. The molecule has 2 N–H and O–H groups in total. The highest BCUT2D eigenvalue weighted by molar-refractivity contribution is 6.34. The second-order valence-corrected chi connectivity index (χ2v) is 5.51. The topological polar surface area (TPSA) is 70.6 Å². The molecule has 0 radical (unpaired) electrons. The monoisotopic (exact) mass is 327 g/mol. The van der Waals surface area contributed by atoms with Gasteiger partial charge in [-0.1, -0.05) is 35.9 Å². The van der Waals surface area contributed by atoms with E-state index >= 15 is 0 Å². The summed E-state index contributed by atoms with van der Waals surface area (Å²) in [6.45, 7) is 0. The second kappa shape index (κ2) is 6.62. The Morgan fingerprint density at radius 1 is 1.09 bits per heavy atom. The van der Waals surface area contributed by atoms with Crippen molar-refractivity contribution in [3.8, 4) is 0 Å². The summed E-state index contributed by atoms with van der Waals surface area (Å²) in [5, 5.41) is 7.26. The van der Waals surface area contributed by atoms with Crippen LogP contribution >= 0.6 is 11.6 Å². The van der Waals surface area contributed by atoms with Gasteiger partial charge in [0.1, 0.15) is 0 Å². The maximum atomic E-state index is 12.2. The van der Waals surface area contributed by atoms with Crippen LogP contribution in [0.4, 0.5) is 5.69 Å². The Morgan fingerprint density at radius 3 is 2.48 bits per heavy atom. The van der Waals surface area contributed by atoms with Crippen molar-refractivity contribution in [2.75, 3.05) is 5.32 Å². The highest BCUT2D eigenvalue weighted by Crippen LogP contribution is 2.18. The summed E-state index contributed by atoms with van der Waals surface area (Å²) >= 11 is 6.01. The number of nitrogens with zero attached hydrogens (tertiary/aromatic N) is 1. The number of benzene rings is 2. The van der Waals surface area contributed by atoms with Gasteiger partial charge in [0.05, 0.1) is 16.3 Å². The van der Waals surface area contributed by atoms with Crippen molar-refractivity contribution in [2.45, 2.75) is 12.8 Å². The van der Waals surface area contributed by atoms with Crippen LogP contribution in [0.2, 0.25) is 5.02 Å². The molecule has 2 aromatic carbocycles. The average molecular weight is 328 g/mol. The third-order valence-corrected chi connectivity index (χ3v) is 3.83. The number of hydrogen-bond acceptors (Lipinski definition) is 3. The molecule has 116 valence electrons. The van der Waals surface area contributed by atoms with Gasteiger partial charge in [0.2, 0.25) is 5.91 Å². The zero-order chi connectivity index (χ0) is 16.2. The van der Waals surface area contributed by atoms with E-state index in [2.05, 4.69) is 15.8 Å². The Labute approximate surface area is 138 Å². The predicted octanol–water partition coefficient (Wildman–Crippen LogP) is 3.21. The number of carbonyl (C=O) groups is 2. The third-order valence-electron chi connectivity index (χ3n) is 3.50. The SMILES string of the molecule is O=C1CCC(c2ccc(NC(=O)c3ccccc3Cl)cc2)=NN1. The van der Waals surface area contributed by atoms with Gasteiger partial charge in [-0.2, -0.15) is 5.10 Å². The molecule has 0 fully saturated rings. The molecular formula is C17H14ClN3O2. The average Bonchev–Trinajstić information content (AvgIpc) is 2.57. The van der Waals surface area contributed by atoms with Crippen molar-refractivity contribution in [1.29, 1.82) is 0 Å². The smallest absolute Gasteiger partial charge is 0.257 e. The van der Waals surface area contributed by atoms with E-state index in [4.69, 9.17) is 11.6 Å². The Balaban J connectivity index is 1.72. The Bertz CT molecular complexity index is 785. The number of halogens is 1. The molecular weight excluding hydrogens is 314 g/mol.